The van der Waals surface area contributed by atoms with Gasteiger partial charge in [-0.15, -0.1) is 0 Å². The SMILES string of the molecule is CCOc1ccc(-c2ccc(C#N)cc2)cc1.CCOc1ccc(C(=O)Oc2ccc(OC)cc2)cc1.CCc1ccc(C(=O)Oc2ccc(OC)cc2)cc1. The zero-order valence-corrected chi connectivity index (χ0v) is 32.2. The fourth-order valence-electron chi connectivity index (χ4n) is 5.00. The number of hydrogen-bond donors (Lipinski definition) is 0. The Hall–Kier alpha value is -7.05. The molecule has 0 radical (unpaired) electrons. The molecule has 0 bridgehead atoms. The standard InChI is InChI=1S/C16H16O4.C16H16O3.C15H13NO/c1-3-19-14-6-4-12(5-7-14)16(17)20-15-10-8-13(18-2)9-11-15;1-3-12-4-6-13(7-5-12)16(17)19-15-10-8-14(18-2)9-11-15;1-2-17-15-9-7-14(8-10-15)13-5-3-12(11-16)4-6-13/h4-11H,3H2,1-2H3;4-11H,3H2,1-2H3;3-10H,2H2,1H3. The lowest BCUT2D eigenvalue weighted by Gasteiger charge is -2.06. The number of carbonyl (C=O) groups excluding carboxylic acids is 2. The van der Waals surface area contributed by atoms with Crippen molar-refractivity contribution in [3.05, 3.63) is 168 Å². The normalized spacial score (nSPS) is 9.86. The van der Waals surface area contributed by atoms with Crippen LogP contribution < -0.4 is 28.4 Å². The quantitative estimate of drug-likeness (QED) is 0.0890. The first-order valence-corrected chi connectivity index (χ1v) is 18.1. The minimum absolute atomic E-state index is 0.354. The molecular formula is C47H45NO8. The van der Waals surface area contributed by atoms with E-state index in [9.17, 15) is 9.59 Å². The molecule has 56 heavy (non-hydrogen) atoms. The Morgan fingerprint density at radius 2 is 0.804 bits per heavy atom. The number of ether oxygens (including phenoxy) is 6. The largest absolute Gasteiger partial charge is 0.497 e. The molecule has 9 heteroatoms. The second-order valence-corrected chi connectivity index (χ2v) is 11.8. The van der Waals surface area contributed by atoms with Gasteiger partial charge in [-0.1, -0.05) is 43.3 Å². The molecule has 0 amide bonds. The number of hydrogen-bond acceptors (Lipinski definition) is 9. The van der Waals surface area contributed by atoms with E-state index in [0.717, 1.165) is 34.8 Å². The van der Waals surface area contributed by atoms with Gasteiger partial charge in [-0.05, 0) is 146 Å². The van der Waals surface area contributed by atoms with Crippen molar-refractivity contribution in [2.45, 2.75) is 27.2 Å². The van der Waals surface area contributed by atoms with Gasteiger partial charge in [0.25, 0.3) is 0 Å². The van der Waals surface area contributed by atoms with Crippen LogP contribution in [0.25, 0.3) is 11.1 Å². The van der Waals surface area contributed by atoms with Gasteiger partial charge in [-0.2, -0.15) is 5.26 Å². The second-order valence-electron chi connectivity index (χ2n) is 11.8. The Kier molecular flexibility index (Phi) is 16.6. The maximum absolute atomic E-state index is 11.9. The van der Waals surface area contributed by atoms with Crippen molar-refractivity contribution in [2.75, 3.05) is 27.4 Å². The molecule has 0 fully saturated rings. The highest BCUT2D eigenvalue weighted by molar-refractivity contribution is 5.91. The first kappa shape index (κ1) is 41.7. The number of benzene rings is 6. The number of carbonyl (C=O) groups is 2. The van der Waals surface area contributed by atoms with Crippen LogP contribution in [0.2, 0.25) is 0 Å². The van der Waals surface area contributed by atoms with Crippen LogP contribution in [0.3, 0.4) is 0 Å². The third-order valence-electron chi connectivity index (χ3n) is 8.05. The van der Waals surface area contributed by atoms with Crippen molar-refractivity contribution < 1.29 is 38.0 Å². The number of esters is 2. The Labute approximate surface area is 328 Å². The molecule has 0 aromatic heterocycles. The van der Waals surface area contributed by atoms with Crippen LogP contribution >= 0.6 is 0 Å². The summed E-state index contributed by atoms with van der Waals surface area (Å²) in [5, 5.41) is 8.73. The summed E-state index contributed by atoms with van der Waals surface area (Å²) in [6, 6.07) is 45.7. The minimum atomic E-state index is -0.404. The summed E-state index contributed by atoms with van der Waals surface area (Å²) in [7, 11) is 3.18. The van der Waals surface area contributed by atoms with Crippen LogP contribution in [0.4, 0.5) is 0 Å². The summed E-state index contributed by atoms with van der Waals surface area (Å²) in [6.07, 6.45) is 0.952. The summed E-state index contributed by atoms with van der Waals surface area (Å²) in [6.45, 7) is 7.22. The minimum Gasteiger partial charge on any atom is -0.497 e. The molecule has 286 valence electrons. The molecule has 0 spiro atoms. The number of methoxy groups -OCH3 is 2. The Bertz CT molecular complexity index is 2120. The summed E-state index contributed by atoms with van der Waals surface area (Å²) < 4.78 is 31.3. The van der Waals surface area contributed by atoms with Gasteiger partial charge < -0.3 is 28.4 Å². The van der Waals surface area contributed by atoms with E-state index in [1.165, 1.54) is 5.56 Å². The highest BCUT2D eigenvalue weighted by atomic mass is 16.5. The monoisotopic (exact) mass is 751 g/mol. The maximum Gasteiger partial charge on any atom is 0.343 e. The number of aryl methyl sites for hydroxylation is 1. The van der Waals surface area contributed by atoms with Gasteiger partial charge in [0.15, 0.2) is 0 Å². The molecule has 6 aromatic rings. The lowest BCUT2D eigenvalue weighted by atomic mass is 10.0. The van der Waals surface area contributed by atoms with Gasteiger partial charge in [0, 0.05) is 0 Å². The molecule has 6 rings (SSSR count). The van der Waals surface area contributed by atoms with Crippen LogP contribution in [-0.2, 0) is 6.42 Å². The fourth-order valence-corrected chi connectivity index (χ4v) is 5.00. The van der Waals surface area contributed by atoms with E-state index < -0.39 is 5.97 Å². The van der Waals surface area contributed by atoms with Gasteiger partial charge in [-0.25, -0.2) is 9.59 Å². The van der Waals surface area contributed by atoms with Crippen LogP contribution in [0.5, 0.6) is 34.5 Å². The Balaban J connectivity index is 0.000000187. The van der Waals surface area contributed by atoms with Crippen LogP contribution in [0.15, 0.2) is 146 Å². The smallest absolute Gasteiger partial charge is 0.343 e. The molecule has 0 aliphatic rings. The van der Waals surface area contributed by atoms with Crippen molar-refractivity contribution >= 4 is 11.9 Å². The fraction of sp³-hybridized carbons (Fsp3) is 0.170. The highest BCUT2D eigenvalue weighted by Crippen LogP contribution is 2.23. The maximum atomic E-state index is 11.9. The third kappa shape index (κ3) is 13.1. The predicted molar refractivity (Wildman–Crippen MR) is 217 cm³/mol. The van der Waals surface area contributed by atoms with Gasteiger partial charge in [0.2, 0.25) is 0 Å². The third-order valence-corrected chi connectivity index (χ3v) is 8.05. The van der Waals surface area contributed by atoms with E-state index in [1.54, 1.807) is 99.1 Å². The van der Waals surface area contributed by atoms with Gasteiger partial charge in [0.1, 0.15) is 34.5 Å². The molecule has 0 saturated carbocycles. The average Bonchev–Trinajstić information content (AvgIpc) is 3.25. The van der Waals surface area contributed by atoms with Gasteiger partial charge in [-0.3, -0.25) is 0 Å². The highest BCUT2D eigenvalue weighted by Gasteiger charge is 2.10. The molecule has 0 unspecified atom stereocenters. The van der Waals surface area contributed by atoms with E-state index >= 15 is 0 Å². The van der Waals surface area contributed by atoms with Crippen molar-refractivity contribution in [1.29, 1.82) is 5.26 Å². The Morgan fingerprint density at radius 3 is 1.16 bits per heavy atom. The molecule has 6 aromatic carbocycles. The van der Waals surface area contributed by atoms with Crippen molar-refractivity contribution in [3.8, 4) is 51.7 Å². The zero-order chi connectivity index (χ0) is 40.1. The first-order valence-electron chi connectivity index (χ1n) is 18.1. The lowest BCUT2D eigenvalue weighted by molar-refractivity contribution is 0.0725. The Morgan fingerprint density at radius 1 is 0.464 bits per heavy atom. The van der Waals surface area contributed by atoms with Crippen LogP contribution in [-0.4, -0.2) is 39.4 Å². The van der Waals surface area contributed by atoms with Crippen molar-refractivity contribution in [1.82, 2.24) is 0 Å². The van der Waals surface area contributed by atoms with Gasteiger partial charge >= 0.3 is 11.9 Å². The molecule has 0 heterocycles. The molecule has 0 aliphatic heterocycles. The number of nitriles is 1. The van der Waals surface area contributed by atoms with E-state index in [2.05, 4.69) is 13.0 Å². The van der Waals surface area contributed by atoms with Crippen LogP contribution in [0.1, 0.15) is 52.6 Å². The summed E-state index contributed by atoms with van der Waals surface area (Å²) >= 11 is 0. The summed E-state index contributed by atoms with van der Waals surface area (Å²) in [5.41, 5.74) is 5.13. The van der Waals surface area contributed by atoms with E-state index in [0.29, 0.717) is 47.2 Å². The molecule has 0 saturated heterocycles. The summed E-state index contributed by atoms with van der Waals surface area (Å²) in [4.78, 5) is 23.9. The average molecular weight is 752 g/mol. The van der Waals surface area contributed by atoms with Gasteiger partial charge in [0.05, 0.1) is 50.2 Å². The molecule has 9 nitrogen and oxygen atoms in total. The molecule has 0 atom stereocenters. The predicted octanol–water partition coefficient (Wildman–Crippen LogP) is 10.4. The molecule has 0 aliphatic carbocycles. The number of rotatable bonds is 12. The van der Waals surface area contributed by atoms with Crippen LogP contribution in [0, 0.1) is 11.3 Å². The van der Waals surface area contributed by atoms with E-state index in [-0.39, 0.29) is 5.97 Å². The van der Waals surface area contributed by atoms with E-state index in [1.807, 2.05) is 74.5 Å². The zero-order valence-electron chi connectivity index (χ0n) is 32.2. The second kappa shape index (κ2) is 22.2. The molecule has 0 N–H and O–H groups in total. The van der Waals surface area contributed by atoms with Crippen molar-refractivity contribution in [3.63, 3.8) is 0 Å². The molecular weight excluding hydrogens is 707 g/mol. The van der Waals surface area contributed by atoms with E-state index in [4.69, 9.17) is 33.7 Å². The topological polar surface area (TPSA) is 113 Å². The number of nitrogens with zero attached hydrogens (tertiary/aromatic N) is 1. The summed E-state index contributed by atoms with van der Waals surface area (Å²) in [5.74, 6) is 3.28. The lowest BCUT2D eigenvalue weighted by Crippen LogP contribution is -2.08. The first-order chi connectivity index (χ1) is 27.3. The van der Waals surface area contributed by atoms with Crippen molar-refractivity contribution in [2.24, 2.45) is 0 Å².